The number of benzene rings is 1. The van der Waals surface area contributed by atoms with Crippen molar-refractivity contribution < 1.29 is 0 Å². The molecule has 1 aliphatic carbocycles. The molecule has 1 aliphatic rings. The highest BCUT2D eigenvalue weighted by molar-refractivity contribution is 7.80. The van der Waals surface area contributed by atoms with Gasteiger partial charge in [0.2, 0.25) is 0 Å². The van der Waals surface area contributed by atoms with Gasteiger partial charge in [0, 0.05) is 18.8 Å². The fourth-order valence-electron chi connectivity index (χ4n) is 1.88. The molecule has 2 nitrogen and oxygen atoms in total. The van der Waals surface area contributed by atoms with Crippen molar-refractivity contribution in [3.8, 4) is 0 Å². The summed E-state index contributed by atoms with van der Waals surface area (Å²) in [4.78, 5) is 2.26. The second-order valence-electron chi connectivity index (χ2n) is 4.73. The Hall–Kier alpha value is -1.09. The zero-order valence-electron chi connectivity index (χ0n) is 10.6. The molecule has 92 valence electrons. The lowest BCUT2D eigenvalue weighted by Gasteiger charge is -2.24. The number of hydrogen-bond acceptors (Lipinski definition) is 1. The Balaban J connectivity index is 1.96. The normalized spacial score (nSPS) is 14.5. The van der Waals surface area contributed by atoms with Crippen molar-refractivity contribution in [3.63, 3.8) is 0 Å². The Labute approximate surface area is 109 Å². The number of hydrogen-bond donors (Lipinski definition) is 1. The van der Waals surface area contributed by atoms with Crippen LogP contribution < -0.4 is 5.32 Å². The third kappa shape index (κ3) is 3.43. The van der Waals surface area contributed by atoms with Crippen molar-refractivity contribution in [2.75, 3.05) is 18.4 Å². The first kappa shape index (κ1) is 12.4. The summed E-state index contributed by atoms with van der Waals surface area (Å²) in [6, 6.07) is 8.26. The molecule has 1 saturated carbocycles. The predicted molar refractivity (Wildman–Crippen MR) is 77.4 cm³/mol. The van der Waals surface area contributed by atoms with Gasteiger partial charge in [0.05, 0.1) is 0 Å². The van der Waals surface area contributed by atoms with Crippen LogP contribution in [0.2, 0.25) is 0 Å². The molecular weight excluding hydrogens is 228 g/mol. The lowest BCUT2D eigenvalue weighted by molar-refractivity contribution is 0.425. The maximum Gasteiger partial charge on any atom is 0.173 e. The van der Waals surface area contributed by atoms with Gasteiger partial charge in [0.15, 0.2) is 5.11 Å². The van der Waals surface area contributed by atoms with Gasteiger partial charge in [0.25, 0.3) is 0 Å². The average molecular weight is 248 g/mol. The van der Waals surface area contributed by atoms with E-state index in [1.807, 2.05) is 12.1 Å². The molecule has 1 fully saturated rings. The van der Waals surface area contributed by atoms with Crippen LogP contribution in [0.4, 0.5) is 5.69 Å². The van der Waals surface area contributed by atoms with Gasteiger partial charge in [-0.15, -0.1) is 0 Å². The van der Waals surface area contributed by atoms with E-state index in [2.05, 4.69) is 36.2 Å². The monoisotopic (exact) mass is 248 g/mol. The maximum atomic E-state index is 5.48. The summed E-state index contributed by atoms with van der Waals surface area (Å²) in [5, 5.41) is 4.21. The average Bonchev–Trinajstić information content (AvgIpc) is 3.12. The zero-order valence-corrected chi connectivity index (χ0v) is 11.4. The van der Waals surface area contributed by atoms with Crippen molar-refractivity contribution >= 4 is 23.0 Å². The number of anilines is 1. The maximum absolute atomic E-state index is 5.48. The first-order chi connectivity index (χ1) is 8.20. The van der Waals surface area contributed by atoms with Gasteiger partial charge in [0.1, 0.15) is 0 Å². The SMILES string of the molecule is CCN(CC1CC1)C(=S)Nc1ccccc1C. The lowest BCUT2D eigenvalue weighted by Crippen LogP contribution is -2.36. The Morgan fingerprint density at radius 2 is 2.12 bits per heavy atom. The highest BCUT2D eigenvalue weighted by Gasteiger charge is 2.24. The van der Waals surface area contributed by atoms with E-state index in [4.69, 9.17) is 12.2 Å². The Kier molecular flexibility index (Phi) is 4.00. The topological polar surface area (TPSA) is 15.3 Å². The van der Waals surface area contributed by atoms with Gasteiger partial charge in [-0.3, -0.25) is 0 Å². The van der Waals surface area contributed by atoms with E-state index in [0.717, 1.165) is 29.8 Å². The highest BCUT2D eigenvalue weighted by Crippen LogP contribution is 2.29. The summed E-state index contributed by atoms with van der Waals surface area (Å²) in [5.74, 6) is 0.867. The van der Waals surface area contributed by atoms with Crippen LogP contribution in [0.25, 0.3) is 0 Å². The van der Waals surface area contributed by atoms with Gasteiger partial charge in [-0.25, -0.2) is 0 Å². The number of para-hydroxylation sites is 1. The van der Waals surface area contributed by atoms with Gasteiger partial charge in [-0.05, 0) is 56.5 Å². The standard InChI is InChI=1S/C14H20N2S/c1-3-16(10-12-8-9-12)14(17)15-13-7-5-4-6-11(13)2/h4-7,12H,3,8-10H2,1-2H3,(H,15,17). The molecule has 0 bridgehead atoms. The third-order valence-electron chi connectivity index (χ3n) is 3.23. The molecule has 1 aromatic carbocycles. The quantitative estimate of drug-likeness (QED) is 0.822. The van der Waals surface area contributed by atoms with Crippen LogP contribution in [-0.4, -0.2) is 23.1 Å². The molecule has 0 amide bonds. The van der Waals surface area contributed by atoms with E-state index in [0.29, 0.717) is 0 Å². The molecule has 0 saturated heterocycles. The van der Waals surface area contributed by atoms with E-state index < -0.39 is 0 Å². The Bertz CT molecular complexity index is 399. The smallest absolute Gasteiger partial charge is 0.173 e. The number of nitrogens with zero attached hydrogens (tertiary/aromatic N) is 1. The van der Waals surface area contributed by atoms with E-state index in [1.54, 1.807) is 0 Å². The van der Waals surface area contributed by atoms with Crippen molar-refractivity contribution in [1.29, 1.82) is 0 Å². The van der Waals surface area contributed by atoms with Crippen LogP contribution >= 0.6 is 12.2 Å². The van der Waals surface area contributed by atoms with Gasteiger partial charge < -0.3 is 10.2 Å². The minimum atomic E-state index is 0.855. The van der Waals surface area contributed by atoms with E-state index in [-0.39, 0.29) is 0 Å². The summed E-state index contributed by atoms with van der Waals surface area (Å²) in [5.41, 5.74) is 2.35. The van der Waals surface area contributed by atoms with Gasteiger partial charge in [-0.2, -0.15) is 0 Å². The van der Waals surface area contributed by atoms with Crippen molar-refractivity contribution in [2.24, 2.45) is 5.92 Å². The van der Waals surface area contributed by atoms with Crippen LogP contribution in [0.15, 0.2) is 24.3 Å². The predicted octanol–water partition coefficient (Wildman–Crippen LogP) is 3.42. The Morgan fingerprint density at radius 1 is 1.41 bits per heavy atom. The molecule has 17 heavy (non-hydrogen) atoms. The molecule has 0 aliphatic heterocycles. The van der Waals surface area contributed by atoms with Crippen molar-refractivity contribution in [1.82, 2.24) is 4.90 Å². The number of aryl methyl sites for hydroxylation is 1. The summed E-state index contributed by atoms with van der Waals surface area (Å²) in [6.45, 7) is 6.35. The molecule has 0 heterocycles. The number of thiocarbonyl (C=S) groups is 1. The molecule has 0 aromatic heterocycles. The van der Waals surface area contributed by atoms with Crippen molar-refractivity contribution in [3.05, 3.63) is 29.8 Å². The molecule has 0 spiro atoms. The first-order valence-corrected chi connectivity index (χ1v) is 6.73. The number of rotatable bonds is 4. The largest absolute Gasteiger partial charge is 0.349 e. The summed E-state index contributed by atoms with van der Waals surface area (Å²) in [6.07, 6.45) is 2.73. The minimum absolute atomic E-state index is 0.855. The first-order valence-electron chi connectivity index (χ1n) is 6.32. The highest BCUT2D eigenvalue weighted by atomic mass is 32.1. The van der Waals surface area contributed by atoms with Crippen LogP contribution in [-0.2, 0) is 0 Å². The third-order valence-corrected chi connectivity index (χ3v) is 3.59. The van der Waals surface area contributed by atoms with Gasteiger partial charge >= 0.3 is 0 Å². The second-order valence-corrected chi connectivity index (χ2v) is 5.11. The molecular formula is C14H20N2S. The zero-order chi connectivity index (χ0) is 12.3. The van der Waals surface area contributed by atoms with Crippen molar-refractivity contribution in [2.45, 2.75) is 26.7 Å². The van der Waals surface area contributed by atoms with E-state index in [9.17, 15) is 0 Å². The number of nitrogens with one attached hydrogen (secondary N) is 1. The van der Waals surface area contributed by atoms with Crippen LogP contribution in [0.1, 0.15) is 25.3 Å². The summed E-state index contributed by atoms with van der Waals surface area (Å²) >= 11 is 5.48. The van der Waals surface area contributed by atoms with Crippen LogP contribution in [0.3, 0.4) is 0 Å². The second kappa shape index (κ2) is 5.50. The van der Waals surface area contributed by atoms with Gasteiger partial charge in [-0.1, -0.05) is 18.2 Å². The Morgan fingerprint density at radius 3 is 2.71 bits per heavy atom. The lowest BCUT2D eigenvalue weighted by atomic mass is 10.2. The molecule has 1 aromatic rings. The summed E-state index contributed by atoms with van der Waals surface area (Å²) < 4.78 is 0. The molecule has 0 unspecified atom stereocenters. The molecule has 3 heteroatoms. The minimum Gasteiger partial charge on any atom is -0.349 e. The molecule has 0 atom stereocenters. The molecule has 2 rings (SSSR count). The fourth-order valence-corrected chi connectivity index (χ4v) is 2.19. The molecule has 0 radical (unpaired) electrons. The fraction of sp³-hybridized carbons (Fsp3) is 0.500. The van der Waals surface area contributed by atoms with E-state index in [1.165, 1.54) is 18.4 Å². The summed E-state index contributed by atoms with van der Waals surface area (Å²) in [7, 11) is 0. The van der Waals surface area contributed by atoms with E-state index >= 15 is 0 Å². The molecule has 1 N–H and O–H groups in total. The van der Waals surface area contributed by atoms with Crippen LogP contribution in [0.5, 0.6) is 0 Å². The van der Waals surface area contributed by atoms with Crippen LogP contribution in [0, 0.1) is 12.8 Å².